The van der Waals surface area contributed by atoms with Crippen molar-refractivity contribution >= 4 is 106 Å². The lowest BCUT2D eigenvalue weighted by atomic mass is 9.34. The van der Waals surface area contributed by atoms with E-state index in [2.05, 4.69) is 245 Å². The van der Waals surface area contributed by atoms with Crippen molar-refractivity contribution < 1.29 is 4.74 Å². The molecule has 6 heteroatoms. The molecular formula is C62H41BN4O. The van der Waals surface area contributed by atoms with Crippen LogP contribution in [0.5, 0.6) is 11.5 Å². The smallest absolute Gasteiger partial charge is 0.256 e. The number of benzene rings is 10. The number of anilines is 3. The molecule has 318 valence electrons. The lowest BCUT2D eigenvalue weighted by Gasteiger charge is -2.40. The number of aromatic nitrogens is 3. The number of fused-ring (bicyclic) bond motifs is 16. The molecule has 2 aliphatic rings. The molecular weight excluding hydrogens is 828 g/mol. The highest BCUT2D eigenvalue weighted by molar-refractivity contribution is 6.99. The molecule has 2 aliphatic heterocycles. The van der Waals surface area contributed by atoms with Gasteiger partial charge in [-0.3, -0.25) is 0 Å². The minimum atomic E-state index is -0.0538. The van der Waals surface area contributed by atoms with Gasteiger partial charge in [0.05, 0.1) is 33.1 Å². The predicted molar refractivity (Wildman–Crippen MR) is 285 cm³/mol. The molecule has 68 heavy (non-hydrogen) atoms. The normalized spacial score (nSPS) is 12.9. The Labute approximate surface area is 393 Å². The van der Waals surface area contributed by atoms with Crippen LogP contribution in [0.1, 0.15) is 11.1 Å². The minimum absolute atomic E-state index is 0.0538. The van der Waals surface area contributed by atoms with E-state index in [9.17, 15) is 0 Å². The van der Waals surface area contributed by atoms with Crippen LogP contribution in [0.4, 0.5) is 17.1 Å². The Morgan fingerprint density at radius 3 is 1.43 bits per heavy atom. The monoisotopic (exact) mass is 868 g/mol. The van der Waals surface area contributed by atoms with Crippen molar-refractivity contribution in [3.8, 4) is 28.6 Å². The van der Waals surface area contributed by atoms with Crippen LogP contribution in [-0.2, 0) is 0 Å². The fraction of sp³-hybridized carbons (Fsp3) is 0.0323. The molecule has 3 aromatic heterocycles. The first-order valence-corrected chi connectivity index (χ1v) is 23.6. The Morgan fingerprint density at radius 1 is 0.353 bits per heavy atom. The average molecular weight is 869 g/mol. The molecule has 0 N–H and O–H groups in total. The minimum Gasteiger partial charge on any atom is -0.458 e. The van der Waals surface area contributed by atoms with E-state index < -0.39 is 0 Å². The topological polar surface area (TPSA) is 27.3 Å². The van der Waals surface area contributed by atoms with Crippen molar-refractivity contribution in [3.63, 3.8) is 0 Å². The second-order valence-electron chi connectivity index (χ2n) is 18.6. The molecule has 0 aliphatic carbocycles. The van der Waals surface area contributed by atoms with Crippen LogP contribution in [0, 0.1) is 13.8 Å². The lowest BCUT2D eigenvalue weighted by Crippen LogP contribution is -2.59. The quantitative estimate of drug-likeness (QED) is 0.165. The summed E-state index contributed by atoms with van der Waals surface area (Å²) in [6.07, 6.45) is 0. The SMILES string of the molecule is Cc1ccc(N2c3ccc(-n4c5ccccc5c5c6c(c7ccccc7n6-c6ccccc6)c6c(c7ccccc7n6-c6ccccc6)c54)cc3B3c4cc(C)ccc4Oc4cccc2c43)cc1. The second-order valence-corrected chi connectivity index (χ2v) is 18.6. The number of ether oxygens (including phenoxy) is 1. The van der Waals surface area contributed by atoms with Crippen LogP contribution in [0.15, 0.2) is 212 Å². The Morgan fingerprint density at radius 2 is 0.853 bits per heavy atom. The standard InChI is InChI=1S/C62H41BN4O/c1-38-28-31-42(32-29-38)64-52-34-33-43(37-47(52)63-48-36-39(2)30-35-54(48)68-55-27-15-26-53(64)59(55)63)67-51-25-14-11-22-46(51)58-61-56(44-20-9-12-23-49(44)65(61)40-16-5-3-6-17-40)60-57(62(58)67)45-21-10-13-24-50(45)66(60)41-18-7-4-8-19-41/h3-37H,1-2H3. The Bertz CT molecular complexity index is 4190. The lowest BCUT2D eigenvalue weighted by molar-refractivity contribution is 0.487. The number of hydrogen-bond acceptors (Lipinski definition) is 2. The first-order valence-electron chi connectivity index (χ1n) is 23.6. The Kier molecular flexibility index (Phi) is 7.66. The number of hydrogen-bond donors (Lipinski definition) is 0. The largest absolute Gasteiger partial charge is 0.458 e. The summed E-state index contributed by atoms with van der Waals surface area (Å²) in [5, 5.41) is 7.37. The zero-order chi connectivity index (χ0) is 44.8. The van der Waals surface area contributed by atoms with Crippen LogP contribution in [0.3, 0.4) is 0 Å². The van der Waals surface area contributed by atoms with E-state index in [4.69, 9.17) is 4.74 Å². The molecule has 0 saturated heterocycles. The van der Waals surface area contributed by atoms with Gasteiger partial charge in [0.25, 0.3) is 6.71 Å². The van der Waals surface area contributed by atoms with Crippen LogP contribution in [0.2, 0.25) is 0 Å². The van der Waals surface area contributed by atoms with Gasteiger partial charge in [-0.05, 0) is 121 Å². The highest BCUT2D eigenvalue weighted by atomic mass is 16.5. The molecule has 0 saturated carbocycles. The molecule has 0 atom stereocenters. The number of para-hydroxylation sites is 5. The van der Waals surface area contributed by atoms with Crippen molar-refractivity contribution in [2.24, 2.45) is 0 Å². The third-order valence-corrected chi connectivity index (χ3v) is 14.7. The molecule has 0 fully saturated rings. The van der Waals surface area contributed by atoms with Gasteiger partial charge in [-0.25, -0.2) is 0 Å². The molecule has 0 amide bonds. The van der Waals surface area contributed by atoms with E-state index in [1.807, 2.05) is 0 Å². The van der Waals surface area contributed by atoms with Crippen LogP contribution >= 0.6 is 0 Å². The number of rotatable bonds is 4. The molecule has 0 radical (unpaired) electrons. The van der Waals surface area contributed by atoms with Gasteiger partial charge in [-0.15, -0.1) is 0 Å². The van der Waals surface area contributed by atoms with E-state index in [1.165, 1.54) is 93.1 Å². The molecule has 0 unspecified atom stereocenters. The van der Waals surface area contributed by atoms with E-state index in [-0.39, 0.29) is 6.71 Å². The van der Waals surface area contributed by atoms with Gasteiger partial charge in [0.1, 0.15) is 11.5 Å². The average Bonchev–Trinajstić information content (AvgIpc) is 4.03. The first kappa shape index (κ1) is 37.5. The van der Waals surface area contributed by atoms with Gasteiger partial charge in [0, 0.05) is 66.4 Å². The summed E-state index contributed by atoms with van der Waals surface area (Å²) in [6, 6.07) is 78.2. The summed E-state index contributed by atoms with van der Waals surface area (Å²) in [5.74, 6) is 1.81. The van der Waals surface area contributed by atoms with Crippen LogP contribution in [-0.4, -0.2) is 20.4 Å². The summed E-state index contributed by atoms with van der Waals surface area (Å²) >= 11 is 0. The van der Waals surface area contributed by atoms with E-state index in [0.717, 1.165) is 45.5 Å². The molecule has 13 aromatic rings. The van der Waals surface area contributed by atoms with Crippen LogP contribution < -0.4 is 26.0 Å². The highest BCUT2D eigenvalue weighted by Crippen LogP contribution is 2.51. The highest BCUT2D eigenvalue weighted by Gasteiger charge is 2.42. The number of aryl methyl sites for hydroxylation is 2. The maximum Gasteiger partial charge on any atom is 0.256 e. The van der Waals surface area contributed by atoms with Gasteiger partial charge >= 0.3 is 0 Å². The predicted octanol–water partition coefficient (Wildman–Crippen LogP) is 14.0. The van der Waals surface area contributed by atoms with Crippen molar-refractivity contribution in [3.05, 3.63) is 223 Å². The summed E-state index contributed by atoms with van der Waals surface area (Å²) in [4.78, 5) is 2.44. The maximum absolute atomic E-state index is 6.82. The van der Waals surface area contributed by atoms with Gasteiger partial charge in [-0.1, -0.05) is 132 Å². The summed E-state index contributed by atoms with van der Waals surface area (Å²) in [7, 11) is 0. The summed E-state index contributed by atoms with van der Waals surface area (Å²) in [5.41, 5.74) is 20.0. The van der Waals surface area contributed by atoms with Gasteiger partial charge < -0.3 is 23.3 Å². The molecule has 0 bridgehead atoms. The van der Waals surface area contributed by atoms with Gasteiger partial charge in [0.2, 0.25) is 0 Å². The molecule has 10 aromatic carbocycles. The summed E-state index contributed by atoms with van der Waals surface area (Å²) < 4.78 is 14.4. The molecule has 5 heterocycles. The van der Waals surface area contributed by atoms with Gasteiger partial charge in [-0.2, -0.15) is 0 Å². The molecule has 5 nitrogen and oxygen atoms in total. The van der Waals surface area contributed by atoms with Crippen LogP contribution in [0.25, 0.3) is 82.5 Å². The van der Waals surface area contributed by atoms with E-state index >= 15 is 0 Å². The summed E-state index contributed by atoms with van der Waals surface area (Å²) in [6.45, 7) is 4.29. The molecule has 15 rings (SSSR count). The second kappa shape index (κ2) is 13.9. The maximum atomic E-state index is 6.82. The Balaban J connectivity index is 1.15. The van der Waals surface area contributed by atoms with Crippen molar-refractivity contribution in [2.75, 3.05) is 4.90 Å². The zero-order valence-corrected chi connectivity index (χ0v) is 37.5. The van der Waals surface area contributed by atoms with Crippen molar-refractivity contribution in [1.29, 1.82) is 0 Å². The zero-order valence-electron chi connectivity index (χ0n) is 37.5. The third kappa shape index (κ3) is 5.01. The van der Waals surface area contributed by atoms with Crippen molar-refractivity contribution in [1.82, 2.24) is 13.7 Å². The van der Waals surface area contributed by atoms with Crippen molar-refractivity contribution in [2.45, 2.75) is 13.8 Å². The number of nitrogens with zero attached hydrogens (tertiary/aromatic N) is 4. The third-order valence-electron chi connectivity index (χ3n) is 14.7. The van der Waals surface area contributed by atoms with E-state index in [0.29, 0.717) is 0 Å². The Hall–Kier alpha value is -8.74. The van der Waals surface area contributed by atoms with Gasteiger partial charge in [0.15, 0.2) is 0 Å². The first-order chi connectivity index (χ1) is 33.6. The molecule has 0 spiro atoms. The van der Waals surface area contributed by atoms with E-state index in [1.54, 1.807) is 0 Å². The fourth-order valence-corrected chi connectivity index (χ4v) is 12.0. The fourth-order valence-electron chi connectivity index (χ4n) is 12.0.